The highest BCUT2D eigenvalue weighted by molar-refractivity contribution is 7.90. The molecule has 13 nitrogen and oxygen atoms in total. The summed E-state index contributed by atoms with van der Waals surface area (Å²) in [5.74, 6) is -2.79. The molecule has 1 aromatic carbocycles. The summed E-state index contributed by atoms with van der Waals surface area (Å²) in [7, 11) is -3.48. The summed E-state index contributed by atoms with van der Waals surface area (Å²) in [4.78, 5) is 61.5. The predicted molar refractivity (Wildman–Crippen MR) is 144 cm³/mol. The summed E-state index contributed by atoms with van der Waals surface area (Å²) in [6.07, 6.45) is -1.03. The van der Waals surface area contributed by atoms with Crippen LogP contribution < -0.4 is 5.32 Å². The standard InChI is InChI=1S/C26H33N5O8S/c1-3-39-26(36)31-14-12-30(13-15-31)25(35)20(10-11-22(32)33)29-24(34)21-16-19(17-40(37,38)4-2)27-23(28-21)18-8-6-5-7-9-18/h5-9,16,20H,3-4,10-15,17H2,1-2H3,(H,29,34)(H,32,33)/t20-/m0/s1. The van der Waals surface area contributed by atoms with Crippen LogP contribution in [0.3, 0.4) is 0 Å². The fourth-order valence-corrected chi connectivity index (χ4v) is 4.84. The van der Waals surface area contributed by atoms with E-state index in [2.05, 4.69) is 15.3 Å². The SMILES string of the molecule is CCOC(=O)N1CCN(C(=O)[C@H](CCC(=O)O)NC(=O)c2cc(CS(=O)(=O)CC)nc(-c3ccccc3)n2)CC1. The molecule has 0 bridgehead atoms. The highest BCUT2D eigenvalue weighted by Crippen LogP contribution is 2.18. The number of carboxylic acid groups (broad SMARTS) is 1. The van der Waals surface area contributed by atoms with Crippen LogP contribution in [0, 0.1) is 0 Å². The van der Waals surface area contributed by atoms with Crippen molar-refractivity contribution in [2.24, 2.45) is 0 Å². The molecule has 1 aliphatic rings. The number of amides is 3. The number of sulfone groups is 1. The first-order valence-electron chi connectivity index (χ1n) is 12.9. The number of hydrogen-bond acceptors (Lipinski definition) is 9. The molecule has 0 aliphatic carbocycles. The van der Waals surface area contributed by atoms with Gasteiger partial charge in [-0.25, -0.2) is 23.2 Å². The van der Waals surface area contributed by atoms with E-state index in [0.717, 1.165) is 0 Å². The molecule has 1 aliphatic heterocycles. The number of aromatic nitrogens is 2. The first-order valence-corrected chi connectivity index (χ1v) is 14.7. The van der Waals surface area contributed by atoms with Crippen molar-refractivity contribution >= 4 is 33.7 Å². The quantitative estimate of drug-likeness (QED) is 0.398. The third-order valence-corrected chi connectivity index (χ3v) is 7.83. The molecular formula is C26H33N5O8S. The van der Waals surface area contributed by atoms with E-state index in [1.165, 1.54) is 22.8 Å². The van der Waals surface area contributed by atoms with Crippen LogP contribution in [0.5, 0.6) is 0 Å². The summed E-state index contributed by atoms with van der Waals surface area (Å²) in [5.41, 5.74) is 0.519. The molecule has 2 aromatic rings. The van der Waals surface area contributed by atoms with Crippen LogP contribution in [-0.2, 0) is 29.9 Å². The number of nitrogens with zero attached hydrogens (tertiary/aromatic N) is 4. The van der Waals surface area contributed by atoms with E-state index in [-0.39, 0.29) is 68.6 Å². The molecule has 0 unspecified atom stereocenters. The highest BCUT2D eigenvalue weighted by Gasteiger charge is 2.31. The van der Waals surface area contributed by atoms with Gasteiger partial charge in [0.1, 0.15) is 11.7 Å². The van der Waals surface area contributed by atoms with Gasteiger partial charge in [-0.15, -0.1) is 0 Å². The Labute approximate surface area is 232 Å². The second kappa shape index (κ2) is 13.8. The second-order valence-electron chi connectivity index (χ2n) is 9.08. The largest absolute Gasteiger partial charge is 0.481 e. The molecule has 3 rings (SSSR count). The monoisotopic (exact) mass is 575 g/mol. The Kier molecular flexibility index (Phi) is 10.5. The van der Waals surface area contributed by atoms with Gasteiger partial charge in [-0.2, -0.15) is 0 Å². The Bertz CT molecular complexity index is 1330. The minimum atomic E-state index is -3.48. The van der Waals surface area contributed by atoms with Crippen molar-refractivity contribution in [2.45, 2.75) is 38.5 Å². The molecule has 14 heteroatoms. The van der Waals surface area contributed by atoms with Gasteiger partial charge in [-0.05, 0) is 19.4 Å². The number of benzene rings is 1. The van der Waals surface area contributed by atoms with E-state index >= 15 is 0 Å². The number of carbonyl (C=O) groups is 4. The minimum Gasteiger partial charge on any atom is -0.481 e. The number of rotatable bonds is 11. The fourth-order valence-electron chi connectivity index (χ4n) is 4.03. The summed E-state index contributed by atoms with van der Waals surface area (Å²) in [5, 5.41) is 11.8. The van der Waals surface area contributed by atoms with Crippen molar-refractivity contribution in [3.05, 3.63) is 47.8 Å². The van der Waals surface area contributed by atoms with Gasteiger partial charge < -0.3 is 25.0 Å². The van der Waals surface area contributed by atoms with Gasteiger partial charge in [0.25, 0.3) is 5.91 Å². The van der Waals surface area contributed by atoms with Crippen LogP contribution in [0.15, 0.2) is 36.4 Å². The van der Waals surface area contributed by atoms with Gasteiger partial charge >= 0.3 is 12.1 Å². The predicted octanol–water partition coefficient (Wildman–Crippen LogP) is 1.34. The smallest absolute Gasteiger partial charge is 0.409 e. The number of carbonyl (C=O) groups excluding carboxylic acids is 3. The van der Waals surface area contributed by atoms with E-state index in [1.54, 1.807) is 37.3 Å². The zero-order chi connectivity index (χ0) is 29.3. The van der Waals surface area contributed by atoms with Gasteiger partial charge in [0.05, 0.1) is 18.1 Å². The molecule has 1 aromatic heterocycles. The Hall–Kier alpha value is -4.07. The van der Waals surface area contributed by atoms with Crippen LogP contribution >= 0.6 is 0 Å². The summed E-state index contributed by atoms with van der Waals surface area (Å²) in [6, 6.07) is 8.77. The van der Waals surface area contributed by atoms with E-state index in [1.807, 2.05) is 0 Å². The molecule has 1 atom stereocenters. The lowest BCUT2D eigenvalue weighted by molar-refractivity contribution is -0.138. The molecule has 0 radical (unpaired) electrons. The van der Waals surface area contributed by atoms with Crippen molar-refractivity contribution in [3.63, 3.8) is 0 Å². The zero-order valence-electron chi connectivity index (χ0n) is 22.4. The number of aliphatic carboxylic acids is 1. The average molecular weight is 576 g/mol. The summed E-state index contributed by atoms with van der Waals surface area (Å²) < 4.78 is 29.6. The van der Waals surface area contributed by atoms with Crippen LogP contribution in [-0.4, -0.2) is 102 Å². The average Bonchev–Trinajstić information content (AvgIpc) is 2.95. The third kappa shape index (κ3) is 8.46. The van der Waals surface area contributed by atoms with Crippen molar-refractivity contribution in [2.75, 3.05) is 38.5 Å². The summed E-state index contributed by atoms with van der Waals surface area (Å²) in [6.45, 7) is 4.25. The molecule has 2 heterocycles. The highest BCUT2D eigenvalue weighted by atomic mass is 32.2. The topological polar surface area (TPSA) is 176 Å². The molecule has 216 valence electrons. The molecule has 0 spiro atoms. The van der Waals surface area contributed by atoms with E-state index in [9.17, 15) is 32.7 Å². The number of hydrogen-bond donors (Lipinski definition) is 2. The molecule has 3 amide bonds. The molecule has 0 saturated carbocycles. The van der Waals surface area contributed by atoms with Crippen molar-refractivity contribution < 1.29 is 37.4 Å². The first kappa shape index (κ1) is 30.5. The van der Waals surface area contributed by atoms with Gasteiger partial charge in [0.15, 0.2) is 15.7 Å². The Morgan fingerprint density at radius 3 is 2.27 bits per heavy atom. The molecule has 1 fully saturated rings. The van der Waals surface area contributed by atoms with Gasteiger partial charge in [0.2, 0.25) is 5.91 Å². The summed E-state index contributed by atoms with van der Waals surface area (Å²) >= 11 is 0. The lowest BCUT2D eigenvalue weighted by Crippen LogP contribution is -2.56. The normalized spacial score (nSPS) is 14.3. The number of ether oxygens (including phenoxy) is 1. The van der Waals surface area contributed by atoms with Crippen LogP contribution in [0.2, 0.25) is 0 Å². The zero-order valence-corrected chi connectivity index (χ0v) is 23.2. The molecule has 40 heavy (non-hydrogen) atoms. The lowest BCUT2D eigenvalue weighted by atomic mass is 10.1. The Balaban J connectivity index is 1.84. The second-order valence-corrected chi connectivity index (χ2v) is 11.4. The van der Waals surface area contributed by atoms with Crippen molar-refractivity contribution in [1.82, 2.24) is 25.1 Å². The van der Waals surface area contributed by atoms with Gasteiger partial charge in [-0.1, -0.05) is 37.3 Å². The minimum absolute atomic E-state index is 0.115. The molecule has 2 N–H and O–H groups in total. The van der Waals surface area contributed by atoms with Crippen molar-refractivity contribution in [1.29, 1.82) is 0 Å². The first-order chi connectivity index (χ1) is 19.0. The van der Waals surface area contributed by atoms with Crippen molar-refractivity contribution in [3.8, 4) is 11.4 Å². The van der Waals surface area contributed by atoms with Crippen LogP contribution in [0.4, 0.5) is 4.79 Å². The Morgan fingerprint density at radius 1 is 1.02 bits per heavy atom. The number of carboxylic acids is 1. The molecule has 1 saturated heterocycles. The maximum absolute atomic E-state index is 13.3. The van der Waals surface area contributed by atoms with E-state index in [4.69, 9.17) is 4.74 Å². The van der Waals surface area contributed by atoms with E-state index in [0.29, 0.717) is 5.56 Å². The third-order valence-electron chi connectivity index (χ3n) is 6.22. The van der Waals surface area contributed by atoms with E-state index < -0.39 is 45.5 Å². The number of nitrogens with one attached hydrogen (secondary N) is 1. The Morgan fingerprint density at radius 2 is 1.68 bits per heavy atom. The van der Waals surface area contributed by atoms with Crippen LogP contribution in [0.1, 0.15) is 42.9 Å². The maximum atomic E-state index is 13.3. The lowest BCUT2D eigenvalue weighted by Gasteiger charge is -2.35. The number of piperazine rings is 1. The molecular weight excluding hydrogens is 542 g/mol. The maximum Gasteiger partial charge on any atom is 0.409 e. The fraction of sp³-hybridized carbons (Fsp3) is 0.462. The van der Waals surface area contributed by atoms with Gasteiger partial charge in [0, 0.05) is 43.9 Å². The van der Waals surface area contributed by atoms with Gasteiger partial charge in [-0.3, -0.25) is 14.4 Å². The van der Waals surface area contributed by atoms with Crippen LogP contribution in [0.25, 0.3) is 11.4 Å².